The molecule has 5 heteroatoms. The van der Waals surface area contributed by atoms with E-state index in [2.05, 4.69) is 0 Å². The Morgan fingerprint density at radius 1 is 0.926 bits per heavy atom. The van der Waals surface area contributed by atoms with Crippen molar-refractivity contribution in [1.29, 1.82) is 0 Å². The van der Waals surface area contributed by atoms with Gasteiger partial charge < -0.3 is 14.6 Å². The molecule has 1 atom stereocenters. The zero-order valence-electron chi connectivity index (χ0n) is 14.4. The number of carboxylic acids is 1. The van der Waals surface area contributed by atoms with Crippen molar-refractivity contribution in [2.24, 2.45) is 0 Å². The number of aldehydes is 1. The Bertz CT molecular complexity index is 907. The van der Waals surface area contributed by atoms with E-state index in [1.54, 1.807) is 42.5 Å². The van der Waals surface area contributed by atoms with E-state index < -0.39 is 12.1 Å². The predicted molar refractivity (Wildman–Crippen MR) is 100 cm³/mol. The lowest BCUT2D eigenvalue weighted by Gasteiger charge is -2.18. The molecule has 0 aliphatic carbocycles. The van der Waals surface area contributed by atoms with Crippen LogP contribution in [0.25, 0.3) is 0 Å². The van der Waals surface area contributed by atoms with Crippen LogP contribution in [0.2, 0.25) is 0 Å². The summed E-state index contributed by atoms with van der Waals surface area (Å²) in [5.41, 5.74) is 1.82. The van der Waals surface area contributed by atoms with Crippen LogP contribution in [0.3, 0.4) is 0 Å². The van der Waals surface area contributed by atoms with Crippen LogP contribution >= 0.6 is 0 Å². The van der Waals surface area contributed by atoms with E-state index >= 15 is 0 Å². The summed E-state index contributed by atoms with van der Waals surface area (Å²) in [5.74, 6) is -0.565. The summed E-state index contributed by atoms with van der Waals surface area (Å²) in [7, 11) is 0. The Hall–Kier alpha value is -3.60. The van der Waals surface area contributed by atoms with Crippen molar-refractivity contribution in [2.75, 3.05) is 0 Å². The Morgan fingerprint density at radius 3 is 2.22 bits per heavy atom. The molecular formula is C22H18O5. The summed E-state index contributed by atoms with van der Waals surface area (Å²) in [4.78, 5) is 22.8. The van der Waals surface area contributed by atoms with Crippen LogP contribution in [0, 0.1) is 0 Å². The molecule has 0 heterocycles. The highest BCUT2D eigenvalue weighted by atomic mass is 16.5. The molecule has 3 aromatic carbocycles. The van der Waals surface area contributed by atoms with Gasteiger partial charge in [-0.15, -0.1) is 0 Å². The van der Waals surface area contributed by atoms with E-state index in [0.717, 1.165) is 5.56 Å². The van der Waals surface area contributed by atoms with Gasteiger partial charge in [-0.05, 0) is 23.8 Å². The van der Waals surface area contributed by atoms with Crippen molar-refractivity contribution in [3.05, 3.63) is 95.6 Å². The zero-order chi connectivity index (χ0) is 19.1. The number of rotatable bonds is 8. The number of hydrogen-bond donors (Lipinski definition) is 1. The highest BCUT2D eigenvalue weighted by molar-refractivity contribution is 5.77. The molecule has 0 saturated heterocycles. The molecule has 136 valence electrons. The normalized spacial score (nSPS) is 11.4. The van der Waals surface area contributed by atoms with Crippen molar-refractivity contribution >= 4 is 12.3 Å². The topological polar surface area (TPSA) is 72.8 Å². The second-order valence-corrected chi connectivity index (χ2v) is 5.85. The van der Waals surface area contributed by atoms with Crippen molar-refractivity contribution < 1.29 is 24.2 Å². The Morgan fingerprint density at radius 2 is 1.59 bits per heavy atom. The van der Waals surface area contributed by atoms with Crippen LogP contribution in [-0.4, -0.2) is 17.4 Å². The third-order valence-electron chi connectivity index (χ3n) is 3.91. The SMILES string of the molecule is O=Cc1ccc(OCc2ccccc2)c(OC(C(=O)O)c2ccccc2)c1. The van der Waals surface area contributed by atoms with Crippen LogP contribution in [0.4, 0.5) is 0 Å². The minimum absolute atomic E-state index is 0.201. The molecule has 27 heavy (non-hydrogen) atoms. The maximum atomic E-state index is 11.7. The van der Waals surface area contributed by atoms with E-state index in [-0.39, 0.29) is 5.75 Å². The molecule has 0 fully saturated rings. The summed E-state index contributed by atoms with van der Waals surface area (Å²) in [6, 6.07) is 22.9. The molecule has 3 rings (SSSR count). The fraction of sp³-hybridized carbons (Fsp3) is 0.0909. The van der Waals surface area contributed by atoms with Crippen molar-refractivity contribution in [1.82, 2.24) is 0 Å². The molecular weight excluding hydrogens is 344 g/mol. The maximum Gasteiger partial charge on any atom is 0.349 e. The number of carbonyl (C=O) groups excluding carboxylic acids is 1. The molecule has 0 aliphatic rings. The van der Waals surface area contributed by atoms with Crippen molar-refractivity contribution in [3.63, 3.8) is 0 Å². The smallest absolute Gasteiger partial charge is 0.349 e. The van der Waals surface area contributed by atoms with Gasteiger partial charge in [0.05, 0.1) is 0 Å². The first kappa shape index (κ1) is 18.2. The first-order valence-corrected chi connectivity index (χ1v) is 8.38. The van der Waals surface area contributed by atoms with E-state index in [9.17, 15) is 14.7 Å². The predicted octanol–water partition coefficient (Wildman–Crippen LogP) is 4.28. The van der Waals surface area contributed by atoms with Gasteiger partial charge >= 0.3 is 5.97 Å². The number of benzene rings is 3. The lowest BCUT2D eigenvalue weighted by molar-refractivity contribution is -0.145. The summed E-state index contributed by atoms with van der Waals surface area (Å²) < 4.78 is 11.5. The molecule has 1 unspecified atom stereocenters. The molecule has 0 radical (unpaired) electrons. The Labute approximate surface area is 156 Å². The van der Waals surface area contributed by atoms with Crippen molar-refractivity contribution in [2.45, 2.75) is 12.7 Å². The second kappa shape index (κ2) is 8.67. The molecule has 0 spiro atoms. The molecule has 5 nitrogen and oxygen atoms in total. The third kappa shape index (κ3) is 4.73. The average molecular weight is 362 g/mol. The fourth-order valence-corrected chi connectivity index (χ4v) is 2.56. The van der Waals surface area contributed by atoms with Crippen molar-refractivity contribution in [3.8, 4) is 11.5 Å². The second-order valence-electron chi connectivity index (χ2n) is 5.85. The van der Waals surface area contributed by atoms with E-state index in [0.29, 0.717) is 29.8 Å². The molecule has 0 aromatic heterocycles. The lowest BCUT2D eigenvalue weighted by Crippen LogP contribution is -2.18. The minimum Gasteiger partial charge on any atom is -0.485 e. The average Bonchev–Trinajstić information content (AvgIpc) is 2.72. The summed E-state index contributed by atoms with van der Waals surface area (Å²) in [6.07, 6.45) is -0.543. The monoisotopic (exact) mass is 362 g/mol. The summed E-state index contributed by atoms with van der Waals surface area (Å²) in [5, 5.41) is 9.58. The first-order valence-electron chi connectivity index (χ1n) is 8.38. The summed E-state index contributed by atoms with van der Waals surface area (Å²) >= 11 is 0. The first-order chi connectivity index (χ1) is 13.2. The molecule has 3 aromatic rings. The largest absolute Gasteiger partial charge is 0.485 e. The standard InChI is InChI=1S/C22H18O5/c23-14-17-11-12-19(26-15-16-7-3-1-4-8-16)20(13-17)27-21(22(24)25)18-9-5-2-6-10-18/h1-14,21H,15H2,(H,24,25). The van der Waals surface area contributed by atoms with Gasteiger partial charge in [-0.3, -0.25) is 4.79 Å². The van der Waals surface area contributed by atoms with Gasteiger partial charge in [0.1, 0.15) is 12.9 Å². The third-order valence-corrected chi connectivity index (χ3v) is 3.91. The highest BCUT2D eigenvalue weighted by Gasteiger charge is 2.23. The minimum atomic E-state index is -1.22. The quantitative estimate of drug-likeness (QED) is 0.606. The van der Waals surface area contributed by atoms with E-state index in [4.69, 9.17) is 9.47 Å². The molecule has 0 aliphatic heterocycles. The highest BCUT2D eigenvalue weighted by Crippen LogP contribution is 2.33. The van der Waals surface area contributed by atoms with Gasteiger partial charge in [0, 0.05) is 11.1 Å². The van der Waals surface area contributed by atoms with Gasteiger partial charge in [-0.25, -0.2) is 4.79 Å². The lowest BCUT2D eigenvalue weighted by atomic mass is 10.1. The Kier molecular flexibility index (Phi) is 5.84. The zero-order valence-corrected chi connectivity index (χ0v) is 14.4. The Balaban J connectivity index is 1.87. The molecule has 1 N–H and O–H groups in total. The van der Waals surface area contributed by atoms with Gasteiger partial charge in [-0.1, -0.05) is 60.7 Å². The molecule has 0 amide bonds. The fourth-order valence-electron chi connectivity index (χ4n) is 2.56. The van der Waals surface area contributed by atoms with Crippen LogP contribution in [0.15, 0.2) is 78.9 Å². The number of carbonyl (C=O) groups is 2. The number of carboxylic acid groups (broad SMARTS) is 1. The molecule has 0 saturated carbocycles. The van der Waals surface area contributed by atoms with Crippen LogP contribution < -0.4 is 9.47 Å². The van der Waals surface area contributed by atoms with Gasteiger partial charge in [0.2, 0.25) is 6.10 Å². The number of hydrogen-bond acceptors (Lipinski definition) is 4. The van der Waals surface area contributed by atoms with Gasteiger partial charge in [0.25, 0.3) is 0 Å². The van der Waals surface area contributed by atoms with Crippen LogP contribution in [0.1, 0.15) is 27.6 Å². The molecule has 0 bridgehead atoms. The number of aliphatic carboxylic acids is 1. The van der Waals surface area contributed by atoms with E-state index in [1.807, 2.05) is 30.3 Å². The maximum absolute atomic E-state index is 11.7. The van der Waals surface area contributed by atoms with Gasteiger partial charge in [0.15, 0.2) is 11.5 Å². The summed E-state index contributed by atoms with van der Waals surface area (Å²) in [6.45, 7) is 0.292. The van der Waals surface area contributed by atoms with Crippen LogP contribution in [0.5, 0.6) is 11.5 Å². The van der Waals surface area contributed by atoms with Crippen LogP contribution in [-0.2, 0) is 11.4 Å². The number of ether oxygens (including phenoxy) is 2. The van der Waals surface area contributed by atoms with E-state index in [1.165, 1.54) is 6.07 Å². The van der Waals surface area contributed by atoms with Gasteiger partial charge in [-0.2, -0.15) is 0 Å².